The lowest BCUT2D eigenvalue weighted by atomic mass is 9.76. The van der Waals surface area contributed by atoms with Crippen molar-refractivity contribution >= 4 is 17.7 Å². The molecule has 172 valence electrons. The van der Waals surface area contributed by atoms with Gasteiger partial charge in [-0.05, 0) is 56.7 Å². The van der Waals surface area contributed by atoms with Gasteiger partial charge in [-0.1, -0.05) is 30.3 Å². The van der Waals surface area contributed by atoms with Crippen LogP contribution in [0.5, 0.6) is 5.75 Å². The molecular weight excluding hydrogens is 437 g/mol. The van der Waals surface area contributed by atoms with Gasteiger partial charge in [0.05, 0.1) is 23.8 Å². The summed E-state index contributed by atoms with van der Waals surface area (Å²) in [6.07, 6.45) is 0.889. The van der Waals surface area contributed by atoms with Gasteiger partial charge in [0.1, 0.15) is 5.75 Å². The quantitative estimate of drug-likeness (QED) is 0.609. The molecular formula is C24H27F3N2O2S. The molecule has 0 aromatic heterocycles. The monoisotopic (exact) mass is 464 g/mol. The Labute approximate surface area is 190 Å². The zero-order chi connectivity index (χ0) is 23.1. The van der Waals surface area contributed by atoms with E-state index in [4.69, 9.17) is 4.74 Å². The molecule has 0 aliphatic carbocycles. The van der Waals surface area contributed by atoms with Crippen LogP contribution in [-0.4, -0.2) is 43.3 Å². The summed E-state index contributed by atoms with van der Waals surface area (Å²) in [5.74, 6) is -0.485. The van der Waals surface area contributed by atoms with Crippen molar-refractivity contribution in [1.29, 1.82) is 0 Å². The smallest absolute Gasteiger partial charge is 0.416 e. The summed E-state index contributed by atoms with van der Waals surface area (Å²) in [6.45, 7) is 0. The fourth-order valence-electron chi connectivity index (χ4n) is 5.37. The number of methoxy groups -OCH3 is 1. The van der Waals surface area contributed by atoms with Crippen LogP contribution >= 0.6 is 11.8 Å². The molecule has 0 radical (unpaired) electrons. The molecule has 2 fully saturated rings. The Balaban J connectivity index is 1.79. The van der Waals surface area contributed by atoms with Gasteiger partial charge in [0, 0.05) is 17.0 Å². The van der Waals surface area contributed by atoms with Gasteiger partial charge >= 0.3 is 6.18 Å². The summed E-state index contributed by atoms with van der Waals surface area (Å²) in [5, 5.41) is 3.28. The average molecular weight is 465 g/mol. The number of likely N-dealkylation sites (N-methyl/N-ethyl adjacent to an activating group) is 1. The van der Waals surface area contributed by atoms with Crippen LogP contribution in [0.25, 0.3) is 0 Å². The predicted octanol–water partition coefficient (Wildman–Crippen LogP) is 5.32. The van der Waals surface area contributed by atoms with Crippen molar-refractivity contribution < 1.29 is 22.7 Å². The second kappa shape index (κ2) is 8.63. The van der Waals surface area contributed by atoms with Gasteiger partial charge in [-0.3, -0.25) is 9.69 Å². The van der Waals surface area contributed by atoms with E-state index in [0.717, 1.165) is 55.1 Å². The predicted molar refractivity (Wildman–Crippen MR) is 119 cm³/mol. The minimum atomic E-state index is -4.52. The van der Waals surface area contributed by atoms with E-state index in [1.54, 1.807) is 6.26 Å². The van der Waals surface area contributed by atoms with Crippen molar-refractivity contribution in [3.8, 4) is 5.75 Å². The van der Waals surface area contributed by atoms with Crippen molar-refractivity contribution in [2.45, 2.75) is 54.4 Å². The number of hydrogen-bond acceptors (Lipinski definition) is 4. The number of hydrogen-bond donors (Lipinski definition) is 1. The van der Waals surface area contributed by atoms with Gasteiger partial charge in [-0.25, -0.2) is 0 Å². The van der Waals surface area contributed by atoms with Gasteiger partial charge in [-0.15, -0.1) is 11.8 Å². The molecule has 4 nitrogen and oxygen atoms in total. The molecule has 1 amide bonds. The van der Waals surface area contributed by atoms with Crippen molar-refractivity contribution in [2.75, 3.05) is 20.4 Å². The first-order chi connectivity index (χ1) is 15.2. The van der Waals surface area contributed by atoms with E-state index in [9.17, 15) is 18.0 Å². The number of thioether (sulfide) groups is 1. The topological polar surface area (TPSA) is 41.6 Å². The molecule has 0 unspecified atom stereocenters. The highest BCUT2D eigenvalue weighted by Crippen LogP contribution is 2.47. The van der Waals surface area contributed by atoms with Crippen molar-refractivity contribution in [3.05, 3.63) is 59.2 Å². The standard InChI is InChI=1S/C24H27F3N2O2S/c1-29-17-9-10-20(29)23(12-11-17,15-7-5-4-6-8-15)28-22(30)21-18(31-2)13-16(24(25,26)27)14-19(21)32-3/h4-8,13-14,17,20H,9-12H2,1-3H3,(H,28,30)/t17-,20+,23+/m1/s1. The molecule has 32 heavy (non-hydrogen) atoms. The molecule has 2 aliphatic rings. The number of nitrogens with one attached hydrogen (secondary N) is 1. The van der Waals surface area contributed by atoms with Crippen LogP contribution in [0.15, 0.2) is 47.4 Å². The lowest BCUT2D eigenvalue weighted by Crippen LogP contribution is -2.61. The summed E-state index contributed by atoms with van der Waals surface area (Å²) in [4.78, 5) is 16.3. The number of alkyl halides is 3. The number of nitrogens with zero attached hydrogens (tertiary/aromatic N) is 1. The van der Waals surface area contributed by atoms with E-state index in [0.29, 0.717) is 6.04 Å². The summed E-state index contributed by atoms with van der Waals surface area (Å²) in [7, 11) is 3.39. The summed E-state index contributed by atoms with van der Waals surface area (Å²) in [6, 6.07) is 12.4. The second-order valence-electron chi connectivity index (χ2n) is 8.50. The number of benzene rings is 2. The Hall–Kier alpha value is -2.19. The third-order valence-electron chi connectivity index (χ3n) is 6.97. The lowest BCUT2D eigenvalue weighted by Gasteiger charge is -2.48. The van der Waals surface area contributed by atoms with E-state index in [2.05, 4.69) is 17.3 Å². The summed E-state index contributed by atoms with van der Waals surface area (Å²) in [5.41, 5.74) is -0.291. The van der Waals surface area contributed by atoms with Crippen LogP contribution in [0.2, 0.25) is 0 Å². The molecule has 8 heteroatoms. The molecule has 2 bridgehead atoms. The first kappa shape index (κ1) is 23.0. The van der Waals surface area contributed by atoms with Gasteiger partial charge in [-0.2, -0.15) is 13.2 Å². The Kier molecular flexibility index (Phi) is 6.20. The van der Waals surface area contributed by atoms with Crippen LogP contribution in [0.3, 0.4) is 0 Å². The Morgan fingerprint density at radius 1 is 1.19 bits per heavy atom. The van der Waals surface area contributed by atoms with E-state index >= 15 is 0 Å². The zero-order valence-electron chi connectivity index (χ0n) is 18.3. The largest absolute Gasteiger partial charge is 0.496 e. The van der Waals surface area contributed by atoms with Crippen LogP contribution in [0.4, 0.5) is 13.2 Å². The molecule has 1 N–H and O–H groups in total. The highest BCUT2D eigenvalue weighted by atomic mass is 32.2. The maximum Gasteiger partial charge on any atom is 0.416 e. The van der Waals surface area contributed by atoms with Gasteiger partial charge in [0.25, 0.3) is 5.91 Å². The number of ether oxygens (including phenoxy) is 1. The molecule has 4 rings (SSSR count). The van der Waals surface area contributed by atoms with Crippen LogP contribution in [0.1, 0.15) is 47.2 Å². The summed E-state index contributed by atoms with van der Waals surface area (Å²) >= 11 is 1.10. The zero-order valence-corrected chi connectivity index (χ0v) is 19.1. The summed E-state index contributed by atoms with van der Waals surface area (Å²) < 4.78 is 45.4. The fraction of sp³-hybridized carbons (Fsp3) is 0.458. The Bertz CT molecular complexity index is 973. The molecule has 0 spiro atoms. The molecule has 2 aromatic rings. The minimum Gasteiger partial charge on any atom is -0.496 e. The first-order valence-corrected chi connectivity index (χ1v) is 11.9. The normalized spacial score (nSPS) is 25.6. The second-order valence-corrected chi connectivity index (χ2v) is 9.34. The number of carbonyl (C=O) groups excluding carboxylic acids is 1. The number of carbonyl (C=O) groups is 1. The van der Waals surface area contributed by atoms with Crippen LogP contribution in [-0.2, 0) is 11.7 Å². The third-order valence-corrected chi connectivity index (χ3v) is 7.73. The number of rotatable bonds is 5. The minimum absolute atomic E-state index is 0.0710. The van der Waals surface area contributed by atoms with Crippen LogP contribution < -0.4 is 10.1 Å². The Morgan fingerprint density at radius 2 is 1.91 bits per heavy atom. The van der Waals surface area contributed by atoms with Crippen molar-refractivity contribution in [1.82, 2.24) is 10.2 Å². The molecule has 2 heterocycles. The number of amides is 1. The van der Waals surface area contributed by atoms with E-state index < -0.39 is 23.2 Å². The third kappa shape index (κ3) is 3.88. The molecule has 2 aromatic carbocycles. The van der Waals surface area contributed by atoms with Crippen molar-refractivity contribution in [3.63, 3.8) is 0 Å². The Morgan fingerprint density at radius 3 is 2.53 bits per heavy atom. The van der Waals surface area contributed by atoms with Gasteiger partial charge in [0.2, 0.25) is 0 Å². The first-order valence-electron chi connectivity index (χ1n) is 10.6. The maximum absolute atomic E-state index is 13.7. The highest BCUT2D eigenvalue weighted by molar-refractivity contribution is 7.98. The lowest BCUT2D eigenvalue weighted by molar-refractivity contribution is -0.137. The number of fused-ring (bicyclic) bond motifs is 2. The number of halogens is 3. The average Bonchev–Trinajstić information content (AvgIpc) is 3.04. The highest BCUT2D eigenvalue weighted by Gasteiger charge is 2.52. The molecule has 2 saturated heterocycles. The van der Waals surface area contributed by atoms with Crippen molar-refractivity contribution in [2.24, 2.45) is 0 Å². The van der Waals surface area contributed by atoms with Gasteiger partial charge in [0.15, 0.2) is 0 Å². The van der Waals surface area contributed by atoms with Crippen LogP contribution in [0, 0.1) is 0 Å². The maximum atomic E-state index is 13.7. The van der Waals surface area contributed by atoms with E-state index in [1.807, 2.05) is 30.3 Å². The molecule has 2 aliphatic heterocycles. The van der Waals surface area contributed by atoms with E-state index in [-0.39, 0.29) is 22.3 Å². The SMILES string of the molecule is COc1cc(C(F)(F)F)cc(SC)c1C(=O)N[C@]1(c2ccccc2)CC[C@H]2CC[C@@H]1N2C. The number of piperidine rings is 1. The molecule has 3 atom stereocenters. The van der Waals surface area contributed by atoms with Gasteiger partial charge < -0.3 is 10.1 Å². The fourth-order valence-corrected chi connectivity index (χ4v) is 6.01. The molecule has 0 saturated carbocycles. The van der Waals surface area contributed by atoms with E-state index in [1.165, 1.54) is 7.11 Å².